The van der Waals surface area contributed by atoms with Crippen molar-refractivity contribution in [3.8, 4) is 0 Å². The number of amides is 2. The minimum Gasteiger partial charge on any atom is -0.480 e. The fourth-order valence-electron chi connectivity index (χ4n) is 4.55. The van der Waals surface area contributed by atoms with Crippen LogP contribution in [0.3, 0.4) is 0 Å². The number of pyridine rings is 1. The van der Waals surface area contributed by atoms with E-state index in [2.05, 4.69) is 27.7 Å². The Morgan fingerprint density at radius 3 is 2.79 bits per heavy atom. The molecule has 3 rings (SSSR count). The van der Waals surface area contributed by atoms with E-state index in [1.807, 2.05) is 6.92 Å². The molecule has 2 aliphatic rings. The SMILES string of the molecule is CCOCCN(CCCCc1ccc2c(n1)NCCC2)CCC(NC(=O)N1CCCC1)C(=O)O. The second-order valence-corrected chi connectivity index (χ2v) is 9.16. The minimum atomic E-state index is -0.982. The number of urea groups is 1. The van der Waals surface area contributed by atoms with Crippen molar-refractivity contribution in [3.63, 3.8) is 0 Å². The lowest BCUT2D eigenvalue weighted by molar-refractivity contribution is -0.139. The number of hydrogen-bond acceptors (Lipinski definition) is 6. The van der Waals surface area contributed by atoms with Gasteiger partial charge in [0.25, 0.3) is 0 Å². The molecule has 0 spiro atoms. The average Bonchev–Trinajstić information content (AvgIpc) is 3.39. The quantitative estimate of drug-likeness (QED) is 0.355. The van der Waals surface area contributed by atoms with Crippen LogP contribution < -0.4 is 10.6 Å². The van der Waals surface area contributed by atoms with Gasteiger partial charge in [-0.05, 0) is 76.5 Å². The van der Waals surface area contributed by atoms with E-state index in [0.717, 1.165) is 76.1 Å². The van der Waals surface area contributed by atoms with Gasteiger partial charge in [0.2, 0.25) is 0 Å². The van der Waals surface area contributed by atoms with Crippen LogP contribution in [0.2, 0.25) is 0 Å². The van der Waals surface area contributed by atoms with Gasteiger partial charge in [0, 0.05) is 45.0 Å². The lowest BCUT2D eigenvalue weighted by Gasteiger charge is -2.25. The third-order valence-corrected chi connectivity index (χ3v) is 6.59. The number of aryl methyl sites for hydroxylation is 2. The fraction of sp³-hybridized carbons (Fsp3) is 0.720. The van der Waals surface area contributed by atoms with E-state index < -0.39 is 12.0 Å². The van der Waals surface area contributed by atoms with E-state index in [0.29, 0.717) is 39.3 Å². The Kier molecular flexibility index (Phi) is 10.9. The summed E-state index contributed by atoms with van der Waals surface area (Å²) >= 11 is 0. The molecule has 1 fully saturated rings. The molecular weight excluding hydrogens is 434 g/mol. The highest BCUT2D eigenvalue weighted by molar-refractivity contribution is 5.82. The molecule has 9 heteroatoms. The molecule has 0 bridgehead atoms. The van der Waals surface area contributed by atoms with Gasteiger partial charge in [-0.1, -0.05) is 6.07 Å². The Morgan fingerprint density at radius 1 is 1.21 bits per heavy atom. The van der Waals surface area contributed by atoms with Gasteiger partial charge in [0.15, 0.2) is 0 Å². The molecule has 190 valence electrons. The first-order chi connectivity index (χ1) is 16.6. The Bertz CT molecular complexity index is 785. The molecule has 34 heavy (non-hydrogen) atoms. The van der Waals surface area contributed by atoms with Crippen molar-refractivity contribution >= 4 is 17.8 Å². The number of nitrogens with zero attached hydrogens (tertiary/aromatic N) is 3. The molecule has 1 atom stereocenters. The van der Waals surface area contributed by atoms with Crippen LogP contribution in [-0.4, -0.2) is 90.4 Å². The van der Waals surface area contributed by atoms with Crippen LogP contribution in [0.1, 0.15) is 56.7 Å². The third-order valence-electron chi connectivity index (χ3n) is 6.59. The molecular formula is C25H41N5O4. The number of carbonyl (C=O) groups excluding carboxylic acids is 1. The smallest absolute Gasteiger partial charge is 0.326 e. The molecule has 1 aromatic heterocycles. The second-order valence-electron chi connectivity index (χ2n) is 9.16. The predicted molar refractivity (Wildman–Crippen MR) is 132 cm³/mol. The molecule has 0 radical (unpaired) electrons. The third kappa shape index (κ3) is 8.43. The number of rotatable bonds is 14. The van der Waals surface area contributed by atoms with Crippen molar-refractivity contribution in [2.75, 3.05) is 57.8 Å². The van der Waals surface area contributed by atoms with Crippen LogP contribution in [-0.2, 0) is 22.4 Å². The van der Waals surface area contributed by atoms with Crippen molar-refractivity contribution in [2.24, 2.45) is 0 Å². The number of likely N-dealkylation sites (tertiary alicyclic amines) is 1. The summed E-state index contributed by atoms with van der Waals surface area (Å²) < 4.78 is 5.53. The van der Waals surface area contributed by atoms with Gasteiger partial charge in [-0.3, -0.25) is 0 Å². The van der Waals surface area contributed by atoms with E-state index in [4.69, 9.17) is 9.72 Å². The molecule has 9 nitrogen and oxygen atoms in total. The van der Waals surface area contributed by atoms with Crippen molar-refractivity contribution in [2.45, 2.75) is 64.3 Å². The van der Waals surface area contributed by atoms with Gasteiger partial charge >= 0.3 is 12.0 Å². The van der Waals surface area contributed by atoms with Gasteiger partial charge in [-0.15, -0.1) is 0 Å². The Morgan fingerprint density at radius 2 is 2.03 bits per heavy atom. The van der Waals surface area contributed by atoms with Gasteiger partial charge in [-0.2, -0.15) is 0 Å². The number of ether oxygens (including phenoxy) is 1. The highest BCUT2D eigenvalue weighted by Crippen LogP contribution is 2.20. The first-order valence-electron chi connectivity index (χ1n) is 12.9. The van der Waals surface area contributed by atoms with Crippen LogP contribution in [0.4, 0.5) is 10.6 Å². The predicted octanol–water partition coefficient (Wildman–Crippen LogP) is 2.75. The van der Waals surface area contributed by atoms with Crippen LogP contribution >= 0.6 is 0 Å². The molecule has 1 aromatic rings. The number of carbonyl (C=O) groups is 2. The van der Waals surface area contributed by atoms with E-state index in [9.17, 15) is 14.7 Å². The summed E-state index contributed by atoms with van der Waals surface area (Å²) in [5, 5.41) is 15.7. The van der Waals surface area contributed by atoms with E-state index in [1.54, 1.807) is 4.90 Å². The zero-order valence-corrected chi connectivity index (χ0v) is 20.6. The average molecular weight is 476 g/mol. The Labute approximate surface area is 203 Å². The number of carboxylic acid groups (broad SMARTS) is 1. The lowest BCUT2D eigenvalue weighted by Crippen LogP contribution is -2.48. The van der Waals surface area contributed by atoms with Crippen LogP contribution in [0.15, 0.2) is 12.1 Å². The molecule has 0 saturated carbocycles. The fourth-order valence-corrected chi connectivity index (χ4v) is 4.55. The van der Waals surface area contributed by atoms with Crippen molar-refractivity contribution in [1.82, 2.24) is 20.1 Å². The number of fused-ring (bicyclic) bond motifs is 1. The maximum absolute atomic E-state index is 12.4. The first-order valence-corrected chi connectivity index (χ1v) is 12.9. The summed E-state index contributed by atoms with van der Waals surface area (Å²) in [6.45, 7) is 7.87. The summed E-state index contributed by atoms with van der Waals surface area (Å²) in [6.07, 6.45) is 7.54. The molecule has 2 amide bonds. The van der Waals surface area contributed by atoms with Crippen LogP contribution in [0, 0.1) is 0 Å². The molecule has 3 N–H and O–H groups in total. The Hall–Kier alpha value is -2.39. The standard InChI is InChI=1S/C25H41N5O4/c1-2-34-19-18-29(17-12-22(24(31)32)28-25(33)30-15-5-6-16-30)14-4-3-9-21-11-10-20-8-7-13-26-23(20)27-21/h10-11,22H,2-9,12-19H2,1H3,(H,26,27)(H,28,33)(H,31,32). The summed E-state index contributed by atoms with van der Waals surface area (Å²) in [5.41, 5.74) is 2.42. The summed E-state index contributed by atoms with van der Waals surface area (Å²) in [5.74, 6) is 0.0576. The summed E-state index contributed by atoms with van der Waals surface area (Å²) in [7, 11) is 0. The van der Waals surface area contributed by atoms with Crippen molar-refractivity contribution < 1.29 is 19.4 Å². The van der Waals surface area contributed by atoms with E-state index in [1.165, 1.54) is 5.56 Å². The number of nitrogens with one attached hydrogen (secondary N) is 2. The van der Waals surface area contributed by atoms with E-state index >= 15 is 0 Å². The Balaban J connectivity index is 1.44. The molecule has 0 aliphatic carbocycles. The van der Waals surface area contributed by atoms with Gasteiger partial charge in [-0.25, -0.2) is 14.6 Å². The van der Waals surface area contributed by atoms with Gasteiger partial charge < -0.3 is 30.3 Å². The largest absolute Gasteiger partial charge is 0.480 e. The van der Waals surface area contributed by atoms with Crippen molar-refractivity contribution in [1.29, 1.82) is 0 Å². The zero-order valence-electron chi connectivity index (χ0n) is 20.6. The zero-order chi connectivity index (χ0) is 24.2. The number of carboxylic acids is 1. The number of hydrogen-bond donors (Lipinski definition) is 3. The second kappa shape index (κ2) is 14.1. The van der Waals surface area contributed by atoms with Crippen molar-refractivity contribution in [3.05, 3.63) is 23.4 Å². The molecule has 1 saturated heterocycles. The molecule has 2 aliphatic heterocycles. The normalized spacial score (nSPS) is 16.2. The van der Waals surface area contributed by atoms with Crippen LogP contribution in [0.25, 0.3) is 0 Å². The molecule has 0 aromatic carbocycles. The monoisotopic (exact) mass is 475 g/mol. The van der Waals surface area contributed by atoms with Gasteiger partial charge in [0.05, 0.1) is 6.61 Å². The lowest BCUT2D eigenvalue weighted by atomic mass is 10.1. The maximum Gasteiger partial charge on any atom is 0.326 e. The summed E-state index contributed by atoms with van der Waals surface area (Å²) in [6, 6.07) is 3.19. The minimum absolute atomic E-state index is 0.266. The topological polar surface area (TPSA) is 107 Å². The van der Waals surface area contributed by atoms with Crippen LogP contribution in [0.5, 0.6) is 0 Å². The molecule has 1 unspecified atom stereocenters. The summed E-state index contributed by atoms with van der Waals surface area (Å²) in [4.78, 5) is 32.8. The first kappa shape index (κ1) is 26.2. The highest BCUT2D eigenvalue weighted by Gasteiger charge is 2.25. The number of aromatic nitrogens is 1. The number of anilines is 1. The highest BCUT2D eigenvalue weighted by atomic mass is 16.5. The van der Waals surface area contributed by atoms with E-state index in [-0.39, 0.29) is 6.03 Å². The molecule has 3 heterocycles. The number of aliphatic carboxylic acids is 1. The number of unbranched alkanes of at least 4 members (excludes halogenated alkanes) is 1. The van der Waals surface area contributed by atoms with Gasteiger partial charge in [0.1, 0.15) is 11.9 Å². The maximum atomic E-state index is 12.4.